The van der Waals surface area contributed by atoms with E-state index in [-0.39, 0.29) is 30.8 Å². The monoisotopic (exact) mass is 589 g/mol. The largest absolute Gasteiger partial charge is 0.346 e. The summed E-state index contributed by atoms with van der Waals surface area (Å²) in [7, 11) is -1.98. The van der Waals surface area contributed by atoms with E-state index in [0.717, 1.165) is 43.9 Å². The van der Waals surface area contributed by atoms with Gasteiger partial charge in [-0.2, -0.15) is 4.31 Å². The quantitative estimate of drug-likeness (QED) is 0.318. The van der Waals surface area contributed by atoms with Crippen molar-refractivity contribution in [2.24, 2.45) is 11.8 Å². The number of nitrogens with one attached hydrogen (secondary N) is 3. The Morgan fingerprint density at radius 3 is 2.34 bits per heavy atom. The highest BCUT2D eigenvalue weighted by atomic mass is 32.2. The predicted molar refractivity (Wildman–Crippen MR) is 154 cm³/mol. The van der Waals surface area contributed by atoms with Crippen molar-refractivity contribution in [3.63, 3.8) is 0 Å². The van der Waals surface area contributed by atoms with E-state index in [9.17, 15) is 27.6 Å². The molecular formula is C29H43N5O6S. The number of fused-ring (bicyclic) bond motifs is 1. The number of amides is 3. The van der Waals surface area contributed by atoms with E-state index in [1.165, 1.54) is 4.31 Å². The molecule has 3 fully saturated rings. The zero-order valence-corrected chi connectivity index (χ0v) is 24.9. The minimum atomic E-state index is -3.66. The van der Waals surface area contributed by atoms with Crippen molar-refractivity contribution < 1.29 is 27.6 Å². The molecule has 2 heterocycles. The van der Waals surface area contributed by atoms with Gasteiger partial charge in [-0.05, 0) is 51.1 Å². The van der Waals surface area contributed by atoms with Crippen LogP contribution in [0.4, 0.5) is 0 Å². The van der Waals surface area contributed by atoms with Gasteiger partial charge in [0.1, 0.15) is 12.3 Å². The van der Waals surface area contributed by atoms with Gasteiger partial charge in [0.05, 0.1) is 30.3 Å². The molecule has 0 bridgehead atoms. The summed E-state index contributed by atoms with van der Waals surface area (Å²) >= 11 is 0. The van der Waals surface area contributed by atoms with Gasteiger partial charge < -0.3 is 25.6 Å². The molecule has 0 unspecified atom stereocenters. The fourth-order valence-corrected chi connectivity index (χ4v) is 7.79. The third-order valence-electron chi connectivity index (χ3n) is 8.93. The molecule has 0 aromatic heterocycles. The fraction of sp³-hybridized carbons (Fsp3) is 0.655. The van der Waals surface area contributed by atoms with Crippen molar-refractivity contribution in [2.75, 3.05) is 26.4 Å². The normalized spacial score (nSPS) is 25.6. The maximum atomic E-state index is 14.2. The molecule has 0 spiro atoms. The molecule has 12 heteroatoms. The Morgan fingerprint density at radius 1 is 1.05 bits per heavy atom. The number of likely N-dealkylation sites (N-methyl/N-ethyl adjacent to an activating group) is 1. The van der Waals surface area contributed by atoms with E-state index in [1.54, 1.807) is 18.9 Å². The Kier molecular flexibility index (Phi) is 10.2. The van der Waals surface area contributed by atoms with Crippen molar-refractivity contribution in [2.45, 2.75) is 82.1 Å². The first kappa shape index (κ1) is 31.1. The van der Waals surface area contributed by atoms with Gasteiger partial charge in [0.15, 0.2) is 0 Å². The van der Waals surface area contributed by atoms with E-state index >= 15 is 0 Å². The summed E-state index contributed by atoms with van der Waals surface area (Å²) in [5.74, 6) is -1.89. The molecule has 1 aromatic carbocycles. The van der Waals surface area contributed by atoms with Crippen LogP contribution in [0.25, 0.3) is 0 Å². The lowest BCUT2D eigenvalue weighted by molar-refractivity contribution is -0.141. The van der Waals surface area contributed by atoms with E-state index in [2.05, 4.69) is 16.0 Å². The molecule has 1 saturated carbocycles. The summed E-state index contributed by atoms with van der Waals surface area (Å²) in [6.07, 6.45) is 7.14. The van der Waals surface area contributed by atoms with Crippen LogP contribution in [0, 0.1) is 11.8 Å². The lowest BCUT2D eigenvalue weighted by Gasteiger charge is -2.36. The Hall–Kier alpha value is -2.83. The molecule has 3 N–H and O–H groups in total. The molecule has 3 aliphatic rings. The van der Waals surface area contributed by atoms with Gasteiger partial charge in [0.2, 0.25) is 27.7 Å². The van der Waals surface area contributed by atoms with Crippen LogP contribution >= 0.6 is 0 Å². The number of likely N-dealkylation sites (tertiary alicyclic amines) is 1. The van der Waals surface area contributed by atoms with Crippen LogP contribution in [0.3, 0.4) is 0 Å². The van der Waals surface area contributed by atoms with E-state index in [0.29, 0.717) is 19.1 Å². The summed E-state index contributed by atoms with van der Waals surface area (Å²) in [4.78, 5) is 54.3. The Bertz CT molecular complexity index is 1210. The highest BCUT2D eigenvalue weighted by Gasteiger charge is 2.56. The number of benzene rings is 1. The lowest BCUT2D eigenvalue weighted by Crippen LogP contribution is -2.58. The third kappa shape index (κ3) is 7.15. The van der Waals surface area contributed by atoms with Crippen LogP contribution in [0.2, 0.25) is 0 Å². The molecule has 226 valence electrons. The summed E-state index contributed by atoms with van der Waals surface area (Å²) in [6.45, 7) is 1.94. The van der Waals surface area contributed by atoms with Crippen LogP contribution in [-0.4, -0.2) is 98.2 Å². The smallest absolute Gasteiger partial charge is 0.245 e. The van der Waals surface area contributed by atoms with Crippen LogP contribution in [0.5, 0.6) is 0 Å². The third-order valence-corrected chi connectivity index (χ3v) is 10.2. The van der Waals surface area contributed by atoms with Crippen LogP contribution < -0.4 is 16.0 Å². The van der Waals surface area contributed by atoms with Crippen molar-refractivity contribution in [3.8, 4) is 0 Å². The summed E-state index contributed by atoms with van der Waals surface area (Å²) in [6, 6.07) is 6.03. The van der Waals surface area contributed by atoms with Gasteiger partial charge >= 0.3 is 0 Å². The average Bonchev–Trinajstić information content (AvgIpc) is 3.56. The van der Waals surface area contributed by atoms with E-state index < -0.39 is 52.1 Å². The van der Waals surface area contributed by atoms with Crippen LogP contribution in [0.1, 0.15) is 51.0 Å². The molecule has 1 aliphatic carbocycles. The minimum Gasteiger partial charge on any atom is -0.346 e. The Labute approximate surface area is 242 Å². The number of sulfonamides is 1. The van der Waals surface area contributed by atoms with Gasteiger partial charge in [-0.1, -0.05) is 49.6 Å². The van der Waals surface area contributed by atoms with Gasteiger partial charge in [-0.15, -0.1) is 0 Å². The zero-order valence-electron chi connectivity index (χ0n) is 24.1. The number of carbonyl (C=O) groups excluding carboxylic acids is 4. The van der Waals surface area contributed by atoms with Crippen molar-refractivity contribution in [3.05, 3.63) is 35.9 Å². The van der Waals surface area contributed by atoms with Gasteiger partial charge in [0.25, 0.3) is 0 Å². The molecule has 1 aromatic rings. The topological polar surface area (TPSA) is 145 Å². The SMILES string of the molecule is CN[C@@H](C)C(=O)N[C@H](C(=O)N1CC[C@@H]2[C@H]1[C@@H](C(=O)N[C@H](C=O)Cc1ccccc1)CN2S(C)(=O)=O)C1CCCCC1. The number of carbonyl (C=O) groups is 4. The molecule has 2 saturated heterocycles. The first-order chi connectivity index (χ1) is 19.5. The Morgan fingerprint density at radius 2 is 1.73 bits per heavy atom. The second kappa shape index (κ2) is 13.4. The zero-order chi connectivity index (χ0) is 29.7. The Balaban J connectivity index is 1.59. The second-order valence-corrected chi connectivity index (χ2v) is 13.6. The molecule has 6 atom stereocenters. The summed E-state index contributed by atoms with van der Waals surface area (Å²) < 4.78 is 26.8. The molecule has 0 radical (unpaired) electrons. The van der Waals surface area contributed by atoms with Crippen molar-refractivity contribution in [1.29, 1.82) is 0 Å². The fourth-order valence-electron chi connectivity index (χ4n) is 6.64. The molecule has 41 heavy (non-hydrogen) atoms. The highest BCUT2D eigenvalue weighted by Crippen LogP contribution is 2.39. The number of rotatable bonds is 11. The number of aldehydes is 1. The van der Waals surface area contributed by atoms with Crippen LogP contribution in [-0.2, 0) is 35.6 Å². The molecule has 3 amide bonds. The number of hydrogen-bond donors (Lipinski definition) is 3. The minimum absolute atomic E-state index is 0.0340. The van der Waals surface area contributed by atoms with Crippen LogP contribution in [0.15, 0.2) is 30.3 Å². The lowest BCUT2D eigenvalue weighted by atomic mass is 9.83. The molecule has 4 rings (SSSR count). The van der Waals surface area contributed by atoms with Crippen molar-refractivity contribution in [1.82, 2.24) is 25.2 Å². The maximum absolute atomic E-state index is 14.2. The first-order valence-corrected chi connectivity index (χ1v) is 16.4. The second-order valence-electron chi connectivity index (χ2n) is 11.7. The molecule has 11 nitrogen and oxygen atoms in total. The van der Waals surface area contributed by atoms with Crippen molar-refractivity contribution >= 4 is 34.0 Å². The van der Waals surface area contributed by atoms with Gasteiger partial charge in [-0.3, -0.25) is 14.4 Å². The standard InChI is InChI=1S/C29H43N5O6S/c1-19(30-2)27(36)32-25(21-12-8-5-9-13-21)29(38)33-15-14-24-26(33)23(17-34(24)41(3,39)40)28(37)31-22(18-35)16-20-10-6-4-7-11-20/h4,6-7,10-11,18-19,21-26,30H,5,8-9,12-17H2,1-3H3,(H,31,37)(H,32,36)/t19-,22-,23-,24+,25-,26+/m0/s1. The molecule has 2 aliphatic heterocycles. The van der Waals surface area contributed by atoms with Gasteiger partial charge in [0, 0.05) is 19.1 Å². The summed E-state index contributed by atoms with van der Waals surface area (Å²) in [5, 5.41) is 8.69. The van der Waals surface area contributed by atoms with E-state index in [1.807, 2.05) is 30.3 Å². The number of nitrogens with zero attached hydrogens (tertiary/aromatic N) is 2. The van der Waals surface area contributed by atoms with E-state index in [4.69, 9.17) is 0 Å². The molecular weight excluding hydrogens is 546 g/mol. The highest BCUT2D eigenvalue weighted by molar-refractivity contribution is 7.88. The number of hydrogen-bond acceptors (Lipinski definition) is 7. The first-order valence-electron chi connectivity index (χ1n) is 14.6. The maximum Gasteiger partial charge on any atom is 0.245 e. The predicted octanol–water partition coefficient (Wildman–Crippen LogP) is 0.447. The van der Waals surface area contributed by atoms with Gasteiger partial charge in [-0.25, -0.2) is 8.42 Å². The summed E-state index contributed by atoms with van der Waals surface area (Å²) in [5.41, 5.74) is 0.881. The average molecular weight is 590 g/mol.